The van der Waals surface area contributed by atoms with E-state index in [-0.39, 0.29) is 0 Å². The third kappa shape index (κ3) is 3.09. The fraction of sp³-hybridized carbons (Fsp3) is 0.0500. The highest BCUT2D eigenvalue weighted by Crippen LogP contribution is 2.42. The number of hydrogen-bond donors (Lipinski definition) is 0. The third-order valence-electron chi connectivity index (χ3n) is 9.31. The van der Waals surface area contributed by atoms with Gasteiger partial charge < -0.3 is 9.13 Å². The Morgan fingerprint density at radius 3 is 1.12 bits per heavy atom. The van der Waals surface area contributed by atoms with Gasteiger partial charge >= 0.3 is 0 Å². The molecular weight excluding hydrogens is 508 g/mol. The van der Waals surface area contributed by atoms with Gasteiger partial charge in [0.1, 0.15) is 0 Å². The molecule has 0 N–H and O–H groups in total. The van der Waals surface area contributed by atoms with Crippen LogP contribution in [0.25, 0.3) is 76.5 Å². The quantitative estimate of drug-likeness (QED) is 0.194. The summed E-state index contributed by atoms with van der Waals surface area (Å²) < 4.78 is 4.84. The van der Waals surface area contributed by atoms with Crippen LogP contribution in [0.1, 0.15) is 11.1 Å². The smallest absolute Gasteiger partial charge is 0.0547 e. The zero-order valence-corrected chi connectivity index (χ0v) is 23.6. The van der Waals surface area contributed by atoms with Crippen molar-refractivity contribution in [2.24, 2.45) is 0 Å². The summed E-state index contributed by atoms with van der Waals surface area (Å²) in [5.74, 6) is 0. The maximum atomic E-state index is 2.44. The first kappa shape index (κ1) is 23.4. The molecule has 9 rings (SSSR count). The molecule has 0 spiro atoms. The Bertz CT molecular complexity index is 2330. The molecule has 2 heterocycles. The minimum absolute atomic E-state index is 1.18. The van der Waals surface area contributed by atoms with E-state index in [1.165, 1.54) is 87.7 Å². The predicted molar refractivity (Wildman–Crippen MR) is 180 cm³/mol. The van der Waals surface area contributed by atoms with Crippen LogP contribution in [0.5, 0.6) is 0 Å². The number of aromatic nitrogens is 2. The largest absolute Gasteiger partial charge is 0.309 e. The fourth-order valence-corrected chi connectivity index (χ4v) is 7.21. The second-order valence-corrected chi connectivity index (χ2v) is 11.5. The summed E-state index contributed by atoms with van der Waals surface area (Å²) in [6.07, 6.45) is 0. The Kier molecular flexibility index (Phi) is 4.77. The number of rotatable bonds is 2. The molecule has 0 aliphatic carbocycles. The van der Waals surface area contributed by atoms with Crippen LogP contribution in [0.3, 0.4) is 0 Å². The van der Waals surface area contributed by atoms with Crippen LogP contribution in [0, 0.1) is 13.8 Å². The molecule has 2 aromatic heterocycles. The SMILES string of the molecule is Cc1c(C)c2cc3c4ccccc4n(-c4ccccc4)c3cc2c2cc3c(cc12)c1ccccc1n3-c1ccccc1. The zero-order chi connectivity index (χ0) is 27.9. The molecular formula is C40H28N2. The molecule has 198 valence electrons. The van der Waals surface area contributed by atoms with Crippen molar-refractivity contribution in [3.63, 3.8) is 0 Å². The molecule has 7 aromatic carbocycles. The van der Waals surface area contributed by atoms with Crippen molar-refractivity contribution >= 4 is 65.2 Å². The molecule has 0 aliphatic heterocycles. The fourth-order valence-electron chi connectivity index (χ4n) is 7.21. The number of para-hydroxylation sites is 4. The van der Waals surface area contributed by atoms with Gasteiger partial charge in [0.15, 0.2) is 0 Å². The molecule has 0 aliphatic rings. The lowest BCUT2D eigenvalue weighted by Crippen LogP contribution is -1.95. The Hall–Kier alpha value is -5.34. The first-order valence-corrected chi connectivity index (χ1v) is 14.6. The van der Waals surface area contributed by atoms with Crippen molar-refractivity contribution in [1.29, 1.82) is 0 Å². The van der Waals surface area contributed by atoms with Crippen LogP contribution in [-0.2, 0) is 0 Å². The van der Waals surface area contributed by atoms with Crippen molar-refractivity contribution in [3.05, 3.63) is 145 Å². The number of hydrogen-bond acceptors (Lipinski definition) is 0. The molecule has 9 aromatic rings. The van der Waals surface area contributed by atoms with Gasteiger partial charge in [0.2, 0.25) is 0 Å². The van der Waals surface area contributed by atoms with Gasteiger partial charge in [-0.1, -0.05) is 72.8 Å². The number of nitrogens with zero attached hydrogens (tertiary/aromatic N) is 2. The van der Waals surface area contributed by atoms with Gasteiger partial charge in [-0.2, -0.15) is 0 Å². The number of benzene rings is 7. The lowest BCUT2D eigenvalue weighted by atomic mass is 9.91. The van der Waals surface area contributed by atoms with E-state index in [2.05, 4.69) is 156 Å². The summed E-state index contributed by atoms with van der Waals surface area (Å²) in [5.41, 5.74) is 10.0. The van der Waals surface area contributed by atoms with Crippen LogP contribution in [0.2, 0.25) is 0 Å². The summed E-state index contributed by atoms with van der Waals surface area (Å²) in [4.78, 5) is 0. The average Bonchev–Trinajstić information content (AvgIpc) is 3.55. The Labute approximate surface area is 243 Å². The minimum Gasteiger partial charge on any atom is -0.309 e. The Balaban J connectivity index is 1.49. The maximum Gasteiger partial charge on any atom is 0.0547 e. The van der Waals surface area contributed by atoms with E-state index in [0.717, 1.165) is 0 Å². The average molecular weight is 537 g/mol. The van der Waals surface area contributed by atoms with E-state index in [1.54, 1.807) is 0 Å². The van der Waals surface area contributed by atoms with Crippen molar-refractivity contribution in [3.8, 4) is 11.4 Å². The molecule has 0 saturated heterocycles. The van der Waals surface area contributed by atoms with Crippen molar-refractivity contribution < 1.29 is 0 Å². The normalized spacial score (nSPS) is 12.0. The van der Waals surface area contributed by atoms with Gasteiger partial charge in [0.05, 0.1) is 22.1 Å². The molecule has 0 atom stereocenters. The third-order valence-corrected chi connectivity index (χ3v) is 9.31. The maximum absolute atomic E-state index is 2.44. The monoisotopic (exact) mass is 536 g/mol. The molecule has 0 radical (unpaired) electrons. The molecule has 0 unspecified atom stereocenters. The van der Waals surface area contributed by atoms with Gasteiger partial charge in [-0.25, -0.2) is 0 Å². The number of aryl methyl sites for hydroxylation is 2. The molecule has 0 bridgehead atoms. The summed E-state index contributed by atoms with van der Waals surface area (Å²) in [6.45, 7) is 4.58. The Morgan fingerprint density at radius 2 is 0.690 bits per heavy atom. The molecule has 2 heteroatoms. The van der Waals surface area contributed by atoms with Crippen LogP contribution in [-0.4, -0.2) is 9.13 Å². The summed E-state index contributed by atoms with van der Waals surface area (Å²) in [6, 6.07) is 48.8. The molecule has 2 nitrogen and oxygen atoms in total. The van der Waals surface area contributed by atoms with E-state index >= 15 is 0 Å². The number of fused-ring (bicyclic) bond motifs is 9. The molecule has 0 fully saturated rings. The second-order valence-electron chi connectivity index (χ2n) is 11.5. The van der Waals surface area contributed by atoms with Crippen molar-refractivity contribution in [2.45, 2.75) is 13.8 Å². The summed E-state index contributed by atoms with van der Waals surface area (Å²) in [7, 11) is 0. The van der Waals surface area contributed by atoms with Crippen molar-refractivity contribution in [1.82, 2.24) is 9.13 Å². The van der Waals surface area contributed by atoms with Gasteiger partial charge in [-0.15, -0.1) is 0 Å². The van der Waals surface area contributed by atoms with E-state index in [4.69, 9.17) is 0 Å². The summed E-state index contributed by atoms with van der Waals surface area (Å²) >= 11 is 0. The van der Waals surface area contributed by atoms with Crippen LogP contribution >= 0.6 is 0 Å². The van der Waals surface area contributed by atoms with Crippen LogP contribution in [0.15, 0.2) is 133 Å². The standard InChI is InChI=1S/C40H28N2/c1-25-26(2)32-22-36-30-18-10-12-20-38(30)42(28-15-7-4-8-16-28)40(36)24-34(32)33-23-39-35(21-31(25)33)29-17-9-11-19-37(29)41(39)27-13-5-3-6-14-27/h3-24H,1-2H3. The van der Waals surface area contributed by atoms with E-state index in [1.807, 2.05) is 0 Å². The zero-order valence-electron chi connectivity index (χ0n) is 23.6. The minimum atomic E-state index is 1.18. The first-order chi connectivity index (χ1) is 20.7. The molecule has 0 amide bonds. The topological polar surface area (TPSA) is 9.86 Å². The molecule has 42 heavy (non-hydrogen) atoms. The Morgan fingerprint density at radius 1 is 0.310 bits per heavy atom. The molecule has 0 saturated carbocycles. The predicted octanol–water partition coefficient (Wildman–Crippen LogP) is 10.8. The van der Waals surface area contributed by atoms with Crippen LogP contribution < -0.4 is 0 Å². The van der Waals surface area contributed by atoms with E-state index in [0.29, 0.717) is 0 Å². The van der Waals surface area contributed by atoms with E-state index < -0.39 is 0 Å². The van der Waals surface area contributed by atoms with Gasteiger partial charge in [0.25, 0.3) is 0 Å². The lowest BCUT2D eigenvalue weighted by molar-refractivity contribution is 1.18. The van der Waals surface area contributed by atoms with Crippen molar-refractivity contribution in [2.75, 3.05) is 0 Å². The highest BCUT2D eigenvalue weighted by molar-refractivity contribution is 6.23. The van der Waals surface area contributed by atoms with Gasteiger partial charge in [-0.3, -0.25) is 0 Å². The van der Waals surface area contributed by atoms with Gasteiger partial charge in [-0.05, 0) is 107 Å². The summed E-state index contributed by atoms with van der Waals surface area (Å²) in [5, 5.41) is 10.4. The highest BCUT2D eigenvalue weighted by Gasteiger charge is 2.19. The van der Waals surface area contributed by atoms with Gasteiger partial charge in [0, 0.05) is 32.9 Å². The highest BCUT2D eigenvalue weighted by atomic mass is 15.0. The lowest BCUT2D eigenvalue weighted by Gasteiger charge is -2.15. The van der Waals surface area contributed by atoms with Crippen LogP contribution in [0.4, 0.5) is 0 Å². The first-order valence-electron chi connectivity index (χ1n) is 14.6. The van der Waals surface area contributed by atoms with E-state index in [9.17, 15) is 0 Å². The second kappa shape index (κ2) is 8.58.